The number of ether oxygens (including phenoxy) is 1. The zero-order valence-electron chi connectivity index (χ0n) is 13.5. The standard InChI is InChI=1S/C19H16N2O4/c1-25-15-9-7-13(8-10-15)11-16-19(24)21(12-17(22)23)18(20-16)14-5-3-2-4-6-14/h2-11H,12H2,1H3,(H,22,23)/b16-11-. The van der Waals surface area contributed by atoms with Crippen LogP contribution in [0.1, 0.15) is 11.1 Å². The number of amides is 1. The maximum atomic E-state index is 12.6. The SMILES string of the molecule is COc1ccc(/C=C2\N=C(c3ccccc3)N(CC(=O)O)C2=O)cc1. The van der Waals surface area contributed by atoms with Gasteiger partial charge in [-0.05, 0) is 23.8 Å². The molecule has 6 heteroatoms. The fourth-order valence-corrected chi connectivity index (χ4v) is 2.50. The summed E-state index contributed by atoms with van der Waals surface area (Å²) in [7, 11) is 1.58. The second-order valence-corrected chi connectivity index (χ2v) is 5.39. The highest BCUT2D eigenvalue weighted by molar-refractivity contribution is 6.20. The van der Waals surface area contributed by atoms with Crippen LogP contribution in [0.15, 0.2) is 65.3 Å². The molecule has 0 atom stereocenters. The van der Waals surface area contributed by atoms with Crippen LogP contribution >= 0.6 is 0 Å². The largest absolute Gasteiger partial charge is 0.497 e. The van der Waals surface area contributed by atoms with E-state index in [0.29, 0.717) is 17.1 Å². The van der Waals surface area contributed by atoms with Crippen LogP contribution in [-0.2, 0) is 9.59 Å². The minimum atomic E-state index is -1.09. The number of carboxylic acid groups (broad SMARTS) is 1. The molecule has 0 saturated carbocycles. The van der Waals surface area contributed by atoms with Crippen LogP contribution in [0.2, 0.25) is 0 Å². The average Bonchev–Trinajstić information content (AvgIpc) is 2.92. The van der Waals surface area contributed by atoms with Gasteiger partial charge in [0.2, 0.25) is 0 Å². The maximum absolute atomic E-state index is 12.6. The molecule has 0 aromatic heterocycles. The molecule has 0 radical (unpaired) electrons. The number of rotatable bonds is 5. The highest BCUT2D eigenvalue weighted by Gasteiger charge is 2.32. The molecule has 6 nitrogen and oxygen atoms in total. The molecule has 2 aromatic rings. The normalized spacial score (nSPS) is 15.4. The van der Waals surface area contributed by atoms with Crippen molar-refractivity contribution in [3.05, 3.63) is 71.4 Å². The van der Waals surface area contributed by atoms with Crippen molar-refractivity contribution in [3.63, 3.8) is 0 Å². The van der Waals surface area contributed by atoms with E-state index in [1.807, 2.05) is 18.2 Å². The average molecular weight is 336 g/mol. The Bertz CT molecular complexity index is 855. The number of nitrogens with zero attached hydrogens (tertiary/aromatic N) is 2. The van der Waals surface area contributed by atoms with E-state index in [9.17, 15) is 9.59 Å². The van der Waals surface area contributed by atoms with Gasteiger partial charge in [0, 0.05) is 5.56 Å². The van der Waals surface area contributed by atoms with Crippen molar-refractivity contribution < 1.29 is 19.4 Å². The van der Waals surface area contributed by atoms with E-state index in [2.05, 4.69) is 4.99 Å². The lowest BCUT2D eigenvalue weighted by Crippen LogP contribution is -2.37. The molecule has 1 N–H and O–H groups in total. The summed E-state index contributed by atoms with van der Waals surface area (Å²) in [6, 6.07) is 16.2. The highest BCUT2D eigenvalue weighted by atomic mass is 16.5. The minimum absolute atomic E-state index is 0.199. The topological polar surface area (TPSA) is 79.2 Å². The monoisotopic (exact) mass is 336 g/mol. The van der Waals surface area contributed by atoms with Gasteiger partial charge in [-0.2, -0.15) is 0 Å². The van der Waals surface area contributed by atoms with E-state index in [0.717, 1.165) is 5.56 Å². The first-order chi connectivity index (χ1) is 12.1. The van der Waals surface area contributed by atoms with Crippen molar-refractivity contribution in [1.29, 1.82) is 0 Å². The van der Waals surface area contributed by atoms with Crippen molar-refractivity contribution in [2.24, 2.45) is 4.99 Å². The second kappa shape index (κ2) is 7.00. The molecule has 1 aliphatic heterocycles. The van der Waals surface area contributed by atoms with Gasteiger partial charge >= 0.3 is 5.97 Å². The first kappa shape index (κ1) is 16.4. The van der Waals surface area contributed by atoms with Crippen molar-refractivity contribution in [2.75, 3.05) is 13.7 Å². The molecule has 0 bridgehead atoms. The highest BCUT2D eigenvalue weighted by Crippen LogP contribution is 2.22. The number of aliphatic imine (C=N–C) groups is 1. The Morgan fingerprint density at radius 2 is 1.84 bits per heavy atom. The summed E-state index contributed by atoms with van der Waals surface area (Å²) in [6.45, 7) is -0.438. The molecule has 3 rings (SSSR count). The summed E-state index contributed by atoms with van der Waals surface area (Å²) in [5.74, 6) is -0.478. The fraction of sp³-hybridized carbons (Fsp3) is 0.105. The lowest BCUT2D eigenvalue weighted by molar-refractivity contribution is -0.140. The van der Waals surface area contributed by atoms with Crippen molar-refractivity contribution in [1.82, 2.24) is 4.90 Å². The van der Waals surface area contributed by atoms with Crippen LogP contribution in [0.25, 0.3) is 6.08 Å². The molecule has 1 aliphatic rings. The number of hydrogen-bond acceptors (Lipinski definition) is 4. The third-order valence-electron chi connectivity index (χ3n) is 3.69. The maximum Gasteiger partial charge on any atom is 0.323 e. The Morgan fingerprint density at radius 1 is 1.16 bits per heavy atom. The quantitative estimate of drug-likeness (QED) is 0.851. The first-order valence-corrected chi connectivity index (χ1v) is 7.62. The van der Waals surface area contributed by atoms with E-state index in [4.69, 9.17) is 9.84 Å². The number of hydrogen-bond donors (Lipinski definition) is 1. The van der Waals surface area contributed by atoms with Gasteiger partial charge in [0.25, 0.3) is 5.91 Å². The molecular weight excluding hydrogens is 320 g/mol. The number of benzene rings is 2. The molecular formula is C19H16N2O4. The van der Waals surface area contributed by atoms with Gasteiger partial charge in [-0.1, -0.05) is 42.5 Å². The summed E-state index contributed by atoms with van der Waals surface area (Å²) in [5.41, 5.74) is 1.66. The minimum Gasteiger partial charge on any atom is -0.497 e. The van der Waals surface area contributed by atoms with E-state index >= 15 is 0 Å². The van der Waals surface area contributed by atoms with Gasteiger partial charge in [0.15, 0.2) is 0 Å². The Morgan fingerprint density at radius 3 is 2.44 bits per heavy atom. The summed E-state index contributed by atoms with van der Waals surface area (Å²) >= 11 is 0. The summed E-state index contributed by atoms with van der Waals surface area (Å²) in [6.07, 6.45) is 1.63. The van der Waals surface area contributed by atoms with Crippen LogP contribution in [-0.4, -0.2) is 41.4 Å². The molecule has 126 valence electrons. The van der Waals surface area contributed by atoms with Gasteiger partial charge in [0.1, 0.15) is 23.8 Å². The fourth-order valence-electron chi connectivity index (χ4n) is 2.50. The van der Waals surface area contributed by atoms with Gasteiger partial charge in [-0.25, -0.2) is 4.99 Å². The second-order valence-electron chi connectivity index (χ2n) is 5.39. The lowest BCUT2D eigenvalue weighted by atomic mass is 10.2. The first-order valence-electron chi connectivity index (χ1n) is 7.62. The third-order valence-corrected chi connectivity index (χ3v) is 3.69. The van der Waals surface area contributed by atoms with E-state index < -0.39 is 18.4 Å². The van der Waals surface area contributed by atoms with Crippen molar-refractivity contribution in [3.8, 4) is 5.75 Å². The summed E-state index contributed by atoms with van der Waals surface area (Å²) in [4.78, 5) is 29.3. The van der Waals surface area contributed by atoms with Crippen molar-refractivity contribution in [2.45, 2.75) is 0 Å². The zero-order chi connectivity index (χ0) is 17.8. The van der Waals surface area contributed by atoms with Crippen LogP contribution in [0.4, 0.5) is 0 Å². The third kappa shape index (κ3) is 3.58. The summed E-state index contributed by atoms with van der Waals surface area (Å²) in [5, 5.41) is 9.11. The Balaban J connectivity index is 1.98. The van der Waals surface area contributed by atoms with Crippen LogP contribution in [0.3, 0.4) is 0 Å². The molecule has 0 unspecified atom stereocenters. The smallest absolute Gasteiger partial charge is 0.323 e. The summed E-state index contributed by atoms with van der Waals surface area (Å²) < 4.78 is 5.11. The zero-order valence-corrected chi connectivity index (χ0v) is 13.5. The molecule has 0 fully saturated rings. The lowest BCUT2D eigenvalue weighted by Gasteiger charge is -2.15. The van der Waals surface area contributed by atoms with E-state index in [-0.39, 0.29) is 5.70 Å². The molecule has 25 heavy (non-hydrogen) atoms. The van der Waals surface area contributed by atoms with Crippen molar-refractivity contribution >= 4 is 23.8 Å². The van der Waals surface area contributed by atoms with Gasteiger partial charge in [-0.15, -0.1) is 0 Å². The number of aliphatic carboxylic acids is 1. The molecule has 0 spiro atoms. The van der Waals surface area contributed by atoms with E-state index in [1.165, 1.54) is 4.90 Å². The van der Waals surface area contributed by atoms with Crippen LogP contribution in [0, 0.1) is 0 Å². The predicted molar refractivity (Wildman–Crippen MR) is 93.3 cm³/mol. The molecule has 2 aromatic carbocycles. The van der Waals surface area contributed by atoms with Gasteiger partial charge in [-0.3, -0.25) is 14.5 Å². The number of carboxylic acids is 1. The molecule has 0 aliphatic carbocycles. The van der Waals surface area contributed by atoms with Gasteiger partial charge < -0.3 is 9.84 Å². The van der Waals surface area contributed by atoms with Gasteiger partial charge in [0.05, 0.1) is 7.11 Å². The molecule has 1 amide bonds. The van der Waals surface area contributed by atoms with Crippen LogP contribution < -0.4 is 4.74 Å². The number of carbonyl (C=O) groups is 2. The number of methoxy groups -OCH3 is 1. The molecule has 1 heterocycles. The number of carbonyl (C=O) groups excluding carboxylic acids is 1. The molecule has 0 saturated heterocycles. The predicted octanol–water partition coefficient (Wildman–Crippen LogP) is 2.41. The van der Waals surface area contributed by atoms with Crippen LogP contribution in [0.5, 0.6) is 5.75 Å². The van der Waals surface area contributed by atoms with E-state index in [1.54, 1.807) is 49.6 Å². The Labute approximate surface area is 144 Å². The Kier molecular flexibility index (Phi) is 4.61. The Hall–Kier alpha value is -3.41. The number of amidine groups is 1.